The highest BCUT2D eigenvalue weighted by molar-refractivity contribution is 5.90. The van der Waals surface area contributed by atoms with E-state index in [2.05, 4.69) is 10.3 Å². The van der Waals surface area contributed by atoms with Crippen molar-refractivity contribution < 1.29 is 19.4 Å². The molecule has 1 aromatic heterocycles. The number of carbonyl (C=O) groups excluding carboxylic acids is 1. The number of hydrogen-bond donors (Lipinski definition) is 2. The Bertz CT molecular complexity index is 500. The fourth-order valence-electron chi connectivity index (χ4n) is 1.62. The molecule has 1 unspecified atom stereocenters. The number of aromatic nitrogens is 1. The number of anilines is 1. The summed E-state index contributed by atoms with van der Waals surface area (Å²) in [7, 11) is 1.59. The SMILES string of the molecule is COCC(C)CC(=O)Nc1cccc(/C=C/C(=O)O)n1. The van der Waals surface area contributed by atoms with Crippen LogP contribution < -0.4 is 5.32 Å². The minimum Gasteiger partial charge on any atom is -0.478 e. The number of aliphatic carboxylic acids is 1. The lowest BCUT2D eigenvalue weighted by molar-refractivity contribution is -0.131. The standard InChI is InChI=1S/C14H18N2O4/c1-10(9-20-2)8-13(17)16-12-5-3-4-11(15-12)6-7-14(18)19/h3-7,10H,8-9H2,1-2H3,(H,18,19)(H,15,16,17)/b7-6+. The van der Waals surface area contributed by atoms with E-state index in [4.69, 9.17) is 9.84 Å². The Kier molecular flexibility index (Phi) is 6.39. The third-order valence-corrected chi connectivity index (χ3v) is 2.42. The molecule has 108 valence electrons. The molecule has 6 heteroatoms. The molecule has 0 bridgehead atoms. The molecule has 0 radical (unpaired) electrons. The number of ether oxygens (including phenoxy) is 1. The van der Waals surface area contributed by atoms with Crippen molar-refractivity contribution in [3.63, 3.8) is 0 Å². The van der Waals surface area contributed by atoms with E-state index in [0.29, 0.717) is 24.5 Å². The molecule has 0 aliphatic heterocycles. The zero-order valence-corrected chi connectivity index (χ0v) is 11.5. The van der Waals surface area contributed by atoms with Gasteiger partial charge in [0.2, 0.25) is 5.91 Å². The molecular formula is C14H18N2O4. The third kappa shape index (κ3) is 6.10. The summed E-state index contributed by atoms with van der Waals surface area (Å²) in [5.74, 6) is -0.682. The summed E-state index contributed by atoms with van der Waals surface area (Å²) in [6, 6.07) is 5.00. The largest absolute Gasteiger partial charge is 0.478 e. The van der Waals surface area contributed by atoms with Crippen LogP contribution in [0.4, 0.5) is 5.82 Å². The molecule has 20 heavy (non-hydrogen) atoms. The minimum absolute atomic E-state index is 0.120. The molecule has 0 saturated carbocycles. The second kappa shape index (κ2) is 8.06. The summed E-state index contributed by atoms with van der Waals surface area (Å²) < 4.78 is 4.97. The average molecular weight is 278 g/mol. The second-order valence-electron chi connectivity index (χ2n) is 4.43. The Labute approximate surface area is 117 Å². The van der Waals surface area contributed by atoms with E-state index in [1.54, 1.807) is 25.3 Å². The number of carbonyl (C=O) groups is 2. The van der Waals surface area contributed by atoms with E-state index < -0.39 is 5.97 Å². The van der Waals surface area contributed by atoms with Crippen molar-refractivity contribution in [2.45, 2.75) is 13.3 Å². The maximum absolute atomic E-state index is 11.8. The van der Waals surface area contributed by atoms with Crippen molar-refractivity contribution in [1.82, 2.24) is 4.98 Å². The summed E-state index contributed by atoms with van der Waals surface area (Å²) in [6.45, 7) is 2.44. The van der Waals surface area contributed by atoms with Crippen LogP contribution in [-0.2, 0) is 14.3 Å². The number of carboxylic acids is 1. The Morgan fingerprint density at radius 2 is 2.25 bits per heavy atom. The number of methoxy groups -OCH3 is 1. The molecule has 6 nitrogen and oxygen atoms in total. The van der Waals surface area contributed by atoms with Crippen LogP contribution >= 0.6 is 0 Å². The second-order valence-corrected chi connectivity index (χ2v) is 4.43. The summed E-state index contributed by atoms with van der Waals surface area (Å²) in [6.07, 6.45) is 2.70. The zero-order valence-electron chi connectivity index (χ0n) is 11.5. The Morgan fingerprint density at radius 1 is 1.50 bits per heavy atom. The van der Waals surface area contributed by atoms with Gasteiger partial charge < -0.3 is 15.2 Å². The van der Waals surface area contributed by atoms with E-state index in [0.717, 1.165) is 6.08 Å². The first-order valence-electron chi connectivity index (χ1n) is 6.18. The van der Waals surface area contributed by atoms with E-state index >= 15 is 0 Å². The van der Waals surface area contributed by atoms with E-state index in [1.165, 1.54) is 6.08 Å². The molecule has 1 heterocycles. The van der Waals surface area contributed by atoms with Gasteiger partial charge in [0, 0.05) is 26.2 Å². The van der Waals surface area contributed by atoms with Crippen molar-refractivity contribution in [3.05, 3.63) is 30.0 Å². The first-order valence-corrected chi connectivity index (χ1v) is 6.18. The summed E-state index contributed by atoms with van der Waals surface area (Å²) >= 11 is 0. The van der Waals surface area contributed by atoms with Gasteiger partial charge in [-0.15, -0.1) is 0 Å². The molecule has 1 amide bonds. The fourth-order valence-corrected chi connectivity index (χ4v) is 1.62. The van der Waals surface area contributed by atoms with Gasteiger partial charge in [0.05, 0.1) is 5.69 Å². The predicted molar refractivity (Wildman–Crippen MR) is 75.2 cm³/mol. The van der Waals surface area contributed by atoms with Crippen molar-refractivity contribution in [2.24, 2.45) is 5.92 Å². The Hall–Kier alpha value is -2.21. The molecule has 1 rings (SSSR count). The highest BCUT2D eigenvalue weighted by Crippen LogP contribution is 2.09. The first-order chi connectivity index (χ1) is 9.51. The first kappa shape index (κ1) is 15.8. The van der Waals surface area contributed by atoms with Gasteiger partial charge in [0.25, 0.3) is 0 Å². The van der Waals surface area contributed by atoms with Crippen LogP contribution in [0.3, 0.4) is 0 Å². The van der Waals surface area contributed by atoms with Crippen molar-refractivity contribution in [1.29, 1.82) is 0 Å². The van der Waals surface area contributed by atoms with Crippen molar-refractivity contribution >= 4 is 23.8 Å². The molecular weight excluding hydrogens is 260 g/mol. The zero-order chi connectivity index (χ0) is 15.0. The molecule has 2 N–H and O–H groups in total. The average Bonchev–Trinajstić information content (AvgIpc) is 2.36. The highest BCUT2D eigenvalue weighted by Gasteiger charge is 2.09. The monoisotopic (exact) mass is 278 g/mol. The number of nitrogens with one attached hydrogen (secondary N) is 1. The molecule has 0 aliphatic carbocycles. The van der Waals surface area contributed by atoms with Crippen LogP contribution in [0.25, 0.3) is 6.08 Å². The van der Waals surface area contributed by atoms with E-state index in [-0.39, 0.29) is 11.8 Å². The van der Waals surface area contributed by atoms with Gasteiger partial charge in [-0.1, -0.05) is 13.0 Å². The molecule has 0 saturated heterocycles. The van der Waals surface area contributed by atoms with Gasteiger partial charge in [0.15, 0.2) is 0 Å². The molecule has 1 aromatic rings. The van der Waals surface area contributed by atoms with Crippen molar-refractivity contribution in [2.75, 3.05) is 19.0 Å². The third-order valence-electron chi connectivity index (χ3n) is 2.42. The van der Waals surface area contributed by atoms with Gasteiger partial charge in [-0.2, -0.15) is 0 Å². The predicted octanol–water partition coefficient (Wildman–Crippen LogP) is 1.79. The lowest BCUT2D eigenvalue weighted by atomic mass is 10.1. The maximum Gasteiger partial charge on any atom is 0.328 e. The van der Waals surface area contributed by atoms with Crippen LogP contribution in [0.1, 0.15) is 19.0 Å². The van der Waals surface area contributed by atoms with Gasteiger partial charge in [-0.3, -0.25) is 4.79 Å². The number of pyridine rings is 1. The molecule has 0 fully saturated rings. The number of carboxylic acid groups (broad SMARTS) is 1. The van der Waals surface area contributed by atoms with Gasteiger partial charge in [-0.05, 0) is 24.1 Å². The fraction of sp³-hybridized carbons (Fsp3) is 0.357. The lowest BCUT2D eigenvalue weighted by Crippen LogP contribution is -2.18. The number of rotatable bonds is 7. The normalized spacial score (nSPS) is 12.3. The van der Waals surface area contributed by atoms with Crippen LogP contribution in [0.15, 0.2) is 24.3 Å². The molecule has 1 atom stereocenters. The number of amides is 1. The Balaban J connectivity index is 2.61. The smallest absolute Gasteiger partial charge is 0.328 e. The minimum atomic E-state index is -1.05. The van der Waals surface area contributed by atoms with Gasteiger partial charge in [-0.25, -0.2) is 9.78 Å². The number of hydrogen-bond acceptors (Lipinski definition) is 4. The van der Waals surface area contributed by atoms with Gasteiger partial charge in [0.1, 0.15) is 5.82 Å². The van der Waals surface area contributed by atoms with E-state index in [1.807, 2.05) is 6.92 Å². The maximum atomic E-state index is 11.8. The van der Waals surface area contributed by atoms with Crippen molar-refractivity contribution in [3.8, 4) is 0 Å². The van der Waals surface area contributed by atoms with E-state index in [9.17, 15) is 9.59 Å². The quantitative estimate of drug-likeness (QED) is 0.742. The Morgan fingerprint density at radius 3 is 2.90 bits per heavy atom. The van der Waals surface area contributed by atoms with Crippen LogP contribution in [-0.4, -0.2) is 35.7 Å². The molecule has 0 aliphatic rings. The van der Waals surface area contributed by atoms with Crippen LogP contribution in [0.5, 0.6) is 0 Å². The van der Waals surface area contributed by atoms with Crippen LogP contribution in [0.2, 0.25) is 0 Å². The topological polar surface area (TPSA) is 88.5 Å². The van der Waals surface area contributed by atoms with Crippen LogP contribution in [0, 0.1) is 5.92 Å². The summed E-state index contributed by atoms with van der Waals surface area (Å²) in [5.41, 5.74) is 0.468. The number of nitrogens with zero attached hydrogens (tertiary/aromatic N) is 1. The molecule has 0 aromatic carbocycles. The summed E-state index contributed by atoms with van der Waals surface area (Å²) in [5, 5.41) is 11.2. The van der Waals surface area contributed by atoms with Gasteiger partial charge >= 0.3 is 5.97 Å². The molecule has 0 spiro atoms. The highest BCUT2D eigenvalue weighted by atomic mass is 16.5. The lowest BCUT2D eigenvalue weighted by Gasteiger charge is -2.10. The summed E-state index contributed by atoms with van der Waals surface area (Å²) in [4.78, 5) is 26.3.